The van der Waals surface area contributed by atoms with Crippen molar-refractivity contribution in [1.29, 1.82) is 0 Å². The molecule has 2 aromatic heterocycles. The van der Waals surface area contributed by atoms with Crippen molar-refractivity contribution in [3.05, 3.63) is 94.5 Å². The summed E-state index contributed by atoms with van der Waals surface area (Å²) in [6, 6.07) is 20.3. The highest BCUT2D eigenvalue weighted by Crippen LogP contribution is 2.42. The van der Waals surface area contributed by atoms with Crippen LogP contribution in [-0.4, -0.2) is 103 Å². The highest BCUT2D eigenvalue weighted by Gasteiger charge is 2.36. The highest BCUT2D eigenvalue weighted by atomic mass is 35.5. The van der Waals surface area contributed by atoms with Gasteiger partial charge in [0.2, 0.25) is 0 Å². The van der Waals surface area contributed by atoms with Crippen LogP contribution in [0.2, 0.25) is 5.02 Å². The van der Waals surface area contributed by atoms with Crippen LogP contribution in [0.4, 0.5) is 29.6 Å². The van der Waals surface area contributed by atoms with E-state index < -0.39 is 17.8 Å². The second-order valence-electron chi connectivity index (χ2n) is 13.7. The van der Waals surface area contributed by atoms with Crippen molar-refractivity contribution in [1.82, 2.24) is 24.8 Å². The Bertz CT molecular complexity index is 2100. The molecule has 0 bridgehead atoms. The van der Waals surface area contributed by atoms with Gasteiger partial charge >= 0.3 is 18.3 Å². The minimum absolute atomic E-state index is 0.00757. The van der Waals surface area contributed by atoms with Crippen molar-refractivity contribution in [2.45, 2.75) is 32.3 Å². The van der Waals surface area contributed by atoms with Gasteiger partial charge < -0.3 is 38.9 Å². The van der Waals surface area contributed by atoms with Crippen LogP contribution in [0.25, 0.3) is 22.2 Å². The smallest absolute Gasteiger partial charge is 0.418 e. The Morgan fingerprint density at radius 3 is 1.98 bits per heavy atom. The molecule has 1 fully saturated rings. The number of alkyl halides is 3. The number of piperazine rings is 1. The van der Waals surface area contributed by atoms with Crippen LogP contribution in [0.15, 0.2) is 72.8 Å². The van der Waals surface area contributed by atoms with Crippen LogP contribution in [0.1, 0.15) is 23.6 Å². The summed E-state index contributed by atoms with van der Waals surface area (Å²) in [6.45, 7) is 4.16. The van der Waals surface area contributed by atoms with E-state index in [9.17, 15) is 23.1 Å². The number of aromatic nitrogens is 3. The van der Waals surface area contributed by atoms with E-state index in [1.54, 1.807) is 20.3 Å². The lowest BCUT2D eigenvalue weighted by atomic mass is 10.0. The molecule has 12 nitrogen and oxygen atoms in total. The van der Waals surface area contributed by atoms with Gasteiger partial charge in [0.25, 0.3) is 0 Å². The lowest BCUT2D eigenvalue weighted by Gasteiger charge is -2.34. The first-order valence-electron chi connectivity index (χ1n) is 17.9. The number of carbonyl (C=O) groups is 1. The lowest BCUT2D eigenvalue weighted by Crippen LogP contribution is -2.48. The molecule has 1 aliphatic rings. The molecule has 1 saturated heterocycles. The van der Waals surface area contributed by atoms with Crippen LogP contribution in [0.3, 0.4) is 0 Å². The number of amides is 1. The minimum Gasteiger partial charge on any atom is -0.497 e. The van der Waals surface area contributed by atoms with Crippen LogP contribution >= 0.6 is 11.6 Å². The fraction of sp³-hybridized carbons (Fsp3) is 0.350. The van der Waals surface area contributed by atoms with Crippen LogP contribution in [-0.2, 0) is 19.3 Å². The van der Waals surface area contributed by atoms with E-state index in [0.29, 0.717) is 55.4 Å². The number of fused-ring (bicyclic) bond motifs is 1. The number of likely N-dealkylation sites (N-methyl/N-ethyl adjacent to an activating group) is 1. The minimum atomic E-state index is -4.77. The number of anilines is 2. The van der Waals surface area contributed by atoms with E-state index in [2.05, 4.69) is 4.98 Å². The molecule has 0 spiro atoms. The summed E-state index contributed by atoms with van der Waals surface area (Å²) < 4.78 is 61.3. The van der Waals surface area contributed by atoms with E-state index in [-0.39, 0.29) is 52.8 Å². The van der Waals surface area contributed by atoms with Gasteiger partial charge in [0.05, 0.1) is 36.0 Å². The highest BCUT2D eigenvalue weighted by molar-refractivity contribution is 6.34. The van der Waals surface area contributed by atoms with Crippen molar-refractivity contribution >= 4 is 40.2 Å². The quantitative estimate of drug-likeness (QED) is 0.126. The second-order valence-corrected chi connectivity index (χ2v) is 14.1. The Morgan fingerprint density at radius 1 is 0.875 bits per heavy atom. The first kappa shape index (κ1) is 40.1. The topological polar surface area (TPSA) is 117 Å². The first-order valence-corrected chi connectivity index (χ1v) is 18.2. The molecule has 1 aliphatic heterocycles. The van der Waals surface area contributed by atoms with E-state index in [0.717, 1.165) is 17.2 Å². The fourth-order valence-electron chi connectivity index (χ4n) is 6.61. The summed E-state index contributed by atoms with van der Waals surface area (Å²) in [7, 11) is 6.95. The summed E-state index contributed by atoms with van der Waals surface area (Å²) in [6.07, 6.45) is -6.12. The molecule has 1 N–H and O–H groups in total. The number of benzene rings is 3. The van der Waals surface area contributed by atoms with Gasteiger partial charge in [-0.3, -0.25) is 0 Å². The van der Waals surface area contributed by atoms with Crippen molar-refractivity contribution in [3.63, 3.8) is 0 Å². The van der Waals surface area contributed by atoms with Gasteiger partial charge in [-0.1, -0.05) is 35.9 Å². The predicted molar refractivity (Wildman–Crippen MR) is 209 cm³/mol. The molecule has 16 heteroatoms. The van der Waals surface area contributed by atoms with Gasteiger partial charge in [0, 0.05) is 56.8 Å². The van der Waals surface area contributed by atoms with Gasteiger partial charge in [0.1, 0.15) is 29.2 Å². The maximum atomic E-state index is 14.8. The Labute approximate surface area is 328 Å². The molecule has 5 aromatic rings. The lowest BCUT2D eigenvalue weighted by molar-refractivity contribution is -0.137. The van der Waals surface area contributed by atoms with Crippen molar-refractivity contribution in [2.24, 2.45) is 0 Å². The normalized spacial score (nSPS) is 13.9. The summed E-state index contributed by atoms with van der Waals surface area (Å²) >= 11 is 6.92. The molecular formula is C40H43ClF3N7O5. The molecule has 3 heterocycles. The standard InChI is InChI=1S/C40H43ClF3N7O5/c1-25(22-48(2)3)56-38-45-34-21-30(33(41)20-31(34)37(47-38)49-16-18-50(19-17-49)39(52)53)36-32(40(42,43)44)14-15-35(46-36)51(23-26-6-10-28(54-4)11-7-26)24-27-8-12-29(55-5)13-9-27/h6-15,20-21,25H,16-19,22-24H2,1-5H3,(H,52,53)/t25-/m0/s1. The molecule has 1 amide bonds. The monoisotopic (exact) mass is 793 g/mol. The zero-order chi connectivity index (χ0) is 40.1. The third-order valence-corrected chi connectivity index (χ3v) is 9.67. The summed E-state index contributed by atoms with van der Waals surface area (Å²) in [5, 5.41) is 10.00. The molecule has 1 atom stereocenters. The van der Waals surface area contributed by atoms with E-state index in [1.807, 2.05) is 84.2 Å². The maximum absolute atomic E-state index is 14.8. The molecule has 0 unspecified atom stereocenters. The Hall–Kier alpha value is -5.54. The molecular weight excluding hydrogens is 751 g/mol. The van der Waals surface area contributed by atoms with Crippen molar-refractivity contribution in [3.8, 4) is 28.8 Å². The van der Waals surface area contributed by atoms with E-state index >= 15 is 0 Å². The number of rotatable bonds is 13. The summed E-state index contributed by atoms with van der Waals surface area (Å²) in [5.41, 5.74) is 0.749. The SMILES string of the molecule is COc1ccc(CN(Cc2ccc(OC)cc2)c2ccc(C(F)(F)F)c(-c3cc4nc(O[C@@H](C)CN(C)C)nc(N5CCN(C(=O)O)CC5)c4cc3Cl)n2)cc1. The first-order chi connectivity index (χ1) is 26.7. The number of hydrogen-bond acceptors (Lipinski definition) is 10. The number of hydrogen-bond donors (Lipinski definition) is 1. The molecule has 56 heavy (non-hydrogen) atoms. The Balaban J connectivity index is 1.47. The third kappa shape index (κ3) is 9.45. The third-order valence-electron chi connectivity index (χ3n) is 9.35. The van der Waals surface area contributed by atoms with Crippen LogP contribution in [0, 0.1) is 0 Å². The van der Waals surface area contributed by atoms with E-state index in [4.69, 9.17) is 35.8 Å². The average Bonchev–Trinajstić information content (AvgIpc) is 3.17. The van der Waals surface area contributed by atoms with Crippen LogP contribution < -0.4 is 24.0 Å². The molecule has 0 radical (unpaired) electrons. The zero-order valence-corrected chi connectivity index (χ0v) is 32.4. The maximum Gasteiger partial charge on any atom is 0.418 e. The number of pyridine rings is 1. The number of nitrogens with zero attached hydrogens (tertiary/aromatic N) is 7. The molecule has 3 aromatic carbocycles. The molecule has 0 aliphatic carbocycles. The van der Waals surface area contributed by atoms with Crippen molar-refractivity contribution in [2.75, 3.05) is 70.8 Å². The molecule has 0 saturated carbocycles. The second kappa shape index (κ2) is 17.1. The Kier molecular flexibility index (Phi) is 12.2. The summed E-state index contributed by atoms with van der Waals surface area (Å²) in [5.74, 6) is 2.07. The van der Waals surface area contributed by atoms with Crippen molar-refractivity contribution < 1.29 is 37.3 Å². The average molecular weight is 794 g/mol. The number of ether oxygens (including phenoxy) is 3. The number of halogens is 4. The number of carboxylic acid groups (broad SMARTS) is 1. The number of methoxy groups -OCH3 is 2. The van der Waals surface area contributed by atoms with E-state index in [1.165, 1.54) is 17.0 Å². The zero-order valence-electron chi connectivity index (χ0n) is 31.7. The Morgan fingerprint density at radius 2 is 1.46 bits per heavy atom. The van der Waals surface area contributed by atoms with Gasteiger partial charge in [0.15, 0.2) is 0 Å². The molecule has 296 valence electrons. The largest absolute Gasteiger partial charge is 0.497 e. The van der Waals surface area contributed by atoms with Gasteiger partial charge in [-0.2, -0.15) is 23.1 Å². The summed E-state index contributed by atoms with van der Waals surface area (Å²) in [4.78, 5) is 32.7. The van der Waals surface area contributed by atoms with Gasteiger partial charge in [-0.25, -0.2) is 9.78 Å². The van der Waals surface area contributed by atoms with Crippen LogP contribution in [0.5, 0.6) is 17.5 Å². The predicted octanol–water partition coefficient (Wildman–Crippen LogP) is 7.72. The van der Waals surface area contributed by atoms with Gasteiger partial charge in [-0.05, 0) is 80.7 Å². The fourth-order valence-corrected chi connectivity index (χ4v) is 6.86. The molecule has 6 rings (SSSR count). The van der Waals surface area contributed by atoms with Gasteiger partial charge in [-0.15, -0.1) is 0 Å².